The molecule has 0 amide bonds. The lowest BCUT2D eigenvalue weighted by atomic mass is 9.65. The van der Waals surface area contributed by atoms with E-state index < -0.39 is 0 Å². The molecule has 2 aliphatic rings. The Morgan fingerprint density at radius 2 is 1.76 bits per heavy atom. The molecule has 4 atom stereocenters. The first-order valence-electron chi connectivity index (χ1n) is 9.43. The third-order valence-corrected chi connectivity index (χ3v) is 5.69. The maximum Gasteiger partial charge on any atom is 0.146 e. The molecule has 0 radical (unpaired) electrons. The summed E-state index contributed by atoms with van der Waals surface area (Å²) in [5, 5.41) is 0. The Bertz CT molecular complexity index is 583. The minimum Gasteiger partial charge on any atom is -0.359 e. The molecule has 4 unspecified atom stereocenters. The molecule has 4 nitrogen and oxygen atoms in total. The van der Waals surface area contributed by atoms with E-state index >= 15 is 0 Å². The number of rotatable bonds is 6. The van der Waals surface area contributed by atoms with Crippen molar-refractivity contribution in [1.82, 2.24) is 0 Å². The summed E-state index contributed by atoms with van der Waals surface area (Å²) in [5.74, 6) is 0.141. The number of ketones is 2. The van der Waals surface area contributed by atoms with Gasteiger partial charge >= 0.3 is 0 Å². The highest BCUT2D eigenvalue weighted by atomic mass is 16.7. The van der Waals surface area contributed by atoms with Crippen molar-refractivity contribution in [2.24, 2.45) is 11.8 Å². The molecule has 2 saturated carbocycles. The van der Waals surface area contributed by atoms with E-state index in [1.807, 2.05) is 18.2 Å². The lowest BCUT2D eigenvalue weighted by Crippen LogP contribution is -2.43. The van der Waals surface area contributed by atoms with Crippen LogP contribution in [0.5, 0.6) is 0 Å². The van der Waals surface area contributed by atoms with Gasteiger partial charge in [0.1, 0.15) is 18.4 Å². The monoisotopic (exact) mass is 344 g/mol. The first-order chi connectivity index (χ1) is 12.2. The van der Waals surface area contributed by atoms with Gasteiger partial charge in [-0.1, -0.05) is 36.8 Å². The van der Waals surface area contributed by atoms with Gasteiger partial charge in [-0.05, 0) is 31.2 Å². The Morgan fingerprint density at radius 1 is 1.00 bits per heavy atom. The van der Waals surface area contributed by atoms with Gasteiger partial charge in [-0.3, -0.25) is 9.59 Å². The molecule has 3 rings (SSSR count). The number of carbonyl (C=O) groups excluding carboxylic acids is 2. The number of methoxy groups -OCH3 is 1. The molecule has 0 bridgehead atoms. The summed E-state index contributed by atoms with van der Waals surface area (Å²) in [4.78, 5) is 25.6. The third kappa shape index (κ3) is 4.18. The minimum absolute atomic E-state index is 0.0724. The van der Waals surface area contributed by atoms with Gasteiger partial charge in [0.25, 0.3) is 0 Å². The maximum atomic E-state index is 12.9. The van der Waals surface area contributed by atoms with Gasteiger partial charge in [-0.25, -0.2) is 0 Å². The van der Waals surface area contributed by atoms with E-state index in [0.29, 0.717) is 18.6 Å². The lowest BCUT2D eigenvalue weighted by molar-refractivity contribution is -0.146. The van der Waals surface area contributed by atoms with Crippen molar-refractivity contribution in [3.8, 4) is 0 Å². The van der Waals surface area contributed by atoms with E-state index in [9.17, 15) is 9.59 Å². The fourth-order valence-corrected chi connectivity index (χ4v) is 4.56. The van der Waals surface area contributed by atoms with Gasteiger partial charge in [0.2, 0.25) is 0 Å². The van der Waals surface area contributed by atoms with Crippen molar-refractivity contribution in [3.63, 3.8) is 0 Å². The second-order valence-electron chi connectivity index (χ2n) is 7.25. The molecule has 136 valence electrons. The van der Waals surface area contributed by atoms with E-state index in [4.69, 9.17) is 9.47 Å². The smallest absolute Gasteiger partial charge is 0.146 e. The van der Waals surface area contributed by atoms with Crippen LogP contribution < -0.4 is 0 Å². The van der Waals surface area contributed by atoms with Crippen LogP contribution >= 0.6 is 0 Å². The van der Waals surface area contributed by atoms with Crippen LogP contribution in [0.25, 0.3) is 0 Å². The Labute approximate surface area is 149 Å². The number of carbonyl (C=O) groups is 2. The quantitative estimate of drug-likeness (QED) is 0.735. The SMILES string of the molecule is COCOC1CCCC(=O)C1C(c1ccccc1)C1CCCCC1=O. The molecule has 0 heterocycles. The lowest BCUT2D eigenvalue weighted by Gasteiger charge is -2.40. The van der Waals surface area contributed by atoms with Crippen molar-refractivity contribution in [2.75, 3.05) is 13.9 Å². The van der Waals surface area contributed by atoms with Crippen LogP contribution in [0.4, 0.5) is 0 Å². The summed E-state index contributed by atoms with van der Waals surface area (Å²) in [6, 6.07) is 10.1. The summed E-state index contributed by atoms with van der Waals surface area (Å²) < 4.78 is 11.0. The summed E-state index contributed by atoms with van der Waals surface area (Å²) >= 11 is 0. The van der Waals surface area contributed by atoms with Gasteiger partial charge in [0.15, 0.2) is 0 Å². The van der Waals surface area contributed by atoms with E-state index in [1.165, 1.54) is 0 Å². The zero-order valence-electron chi connectivity index (χ0n) is 15.0. The zero-order valence-corrected chi connectivity index (χ0v) is 15.0. The van der Waals surface area contributed by atoms with Gasteiger partial charge in [-0.15, -0.1) is 0 Å². The number of ether oxygens (including phenoxy) is 2. The number of hydrogen-bond donors (Lipinski definition) is 0. The highest BCUT2D eigenvalue weighted by molar-refractivity contribution is 5.87. The Morgan fingerprint density at radius 3 is 2.48 bits per heavy atom. The normalized spacial score (nSPS) is 28.8. The van der Waals surface area contributed by atoms with Crippen molar-refractivity contribution in [1.29, 1.82) is 0 Å². The number of hydrogen-bond acceptors (Lipinski definition) is 4. The molecule has 1 aromatic rings. The summed E-state index contributed by atoms with van der Waals surface area (Å²) in [6.07, 6.45) is 5.66. The van der Waals surface area contributed by atoms with Crippen molar-refractivity contribution >= 4 is 11.6 Å². The highest BCUT2D eigenvalue weighted by Crippen LogP contribution is 2.44. The van der Waals surface area contributed by atoms with Gasteiger partial charge in [-0.2, -0.15) is 0 Å². The highest BCUT2D eigenvalue weighted by Gasteiger charge is 2.44. The van der Waals surface area contributed by atoms with Crippen molar-refractivity contribution in [2.45, 2.75) is 57.0 Å². The number of benzene rings is 1. The molecule has 2 aliphatic carbocycles. The van der Waals surface area contributed by atoms with Crippen LogP contribution in [-0.2, 0) is 19.1 Å². The predicted octanol–water partition coefficient (Wildman–Crippen LogP) is 3.89. The summed E-state index contributed by atoms with van der Waals surface area (Å²) in [6.45, 7) is 0.189. The number of Topliss-reactive ketones (excluding diaryl/α,β-unsaturated/α-hetero) is 2. The third-order valence-electron chi connectivity index (χ3n) is 5.69. The molecular formula is C21H28O4. The Kier molecular flexibility index (Phi) is 6.38. The zero-order chi connectivity index (χ0) is 17.6. The molecule has 25 heavy (non-hydrogen) atoms. The topological polar surface area (TPSA) is 52.6 Å². The van der Waals surface area contributed by atoms with E-state index in [-0.39, 0.29) is 36.4 Å². The van der Waals surface area contributed by atoms with Crippen LogP contribution in [-0.4, -0.2) is 31.6 Å². The molecule has 0 aromatic heterocycles. The molecule has 4 heteroatoms. The van der Waals surface area contributed by atoms with E-state index in [2.05, 4.69) is 12.1 Å². The van der Waals surface area contributed by atoms with Crippen LogP contribution in [0.15, 0.2) is 30.3 Å². The van der Waals surface area contributed by atoms with Crippen molar-refractivity contribution < 1.29 is 19.1 Å². The standard InChI is InChI=1S/C21H28O4/c1-24-14-25-19-13-7-12-18(23)21(19)20(15-8-3-2-4-9-15)16-10-5-6-11-17(16)22/h2-4,8-9,16,19-21H,5-7,10-14H2,1H3. The minimum atomic E-state index is -0.252. The largest absolute Gasteiger partial charge is 0.359 e. The van der Waals surface area contributed by atoms with Gasteiger partial charge in [0.05, 0.1) is 12.0 Å². The van der Waals surface area contributed by atoms with Crippen LogP contribution in [0, 0.1) is 11.8 Å². The van der Waals surface area contributed by atoms with Crippen LogP contribution in [0.3, 0.4) is 0 Å². The van der Waals surface area contributed by atoms with E-state index in [1.54, 1.807) is 7.11 Å². The second-order valence-corrected chi connectivity index (χ2v) is 7.25. The van der Waals surface area contributed by atoms with Gasteiger partial charge < -0.3 is 9.47 Å². The Balaban J connectivity index is 1.96. The second kappa shape index (κ2) is 8.72. The molecule has 1 aromatic carbocycles. The summed E-state index contributed by atoms with van der Waals surface area (Å²) in [5.41, 5.74) is 1.09. The maximum absolute atomic E-state index is 12.9. The van der Waals surface area contributed by atoms with Crippen LogP contribution in [0.1, 0.15) is 56.4 Å². The fraction of sp³-hybridized carbons (Fsp3) is 0.619. The fourth-order valence-electron chi connectivity index (χ4n) is 4.56. The Hall–Kier alpha value is -1.52. The molecule has 0 saturated heterocycles. The predicted molar refractivity (Wildman–Crippen MR) is 95.2 cm³/mol. The van der Waals surface area contributed by atoms with Crippen molar-refractivity contribution in [3.05, 3.63) is 35.9 Å². The molecular weight excluding hydrogens is 316 g/mol. The average molecular weight is 344 g/mol. The molecule has 0 spiro atoms. The molecule has 2 fully saturated rings. The first kappa shape index (κ1) is 18.3. The van der Waals surface area contributed by atoms with Gasteiger partial charge in [0, 0.05) is 31.8 Å². The average Bonchev–Trinajstić information content (AvgIpc) is 2.64. The van der Waals surface area contributed by atoms with Crippen LogP contribution in [0.2, 0.25) is 0 Å². The molecule has 0 N–H and O–H groups in total. The summed E-state index contributed by atoms with van der Waals surface area (Å²) in [7, 11) is 1.60. The first-order valence-corrected chi connectivity index (χ1v) is 9.43. The molecule has 0 aliphatic heterocycles. The van der Waals surface area contributed by atoms with E-state index in [0.717, 1.165) is 37.7 Å².